The van der Waals surface area contributed by atoms with Gasteiger partial charge < -0.3 is 11.1 Å². The molecule has 0 saturated carbocycles. The molecular weight excluding hydrogens is 178 g/mol. The van der Waals surface area contributed by atoms with Crippen LogP contribution in [0.5, 0.6) is 0 Å². The minimum absolute atomic E-state index is 0.305. The van der Waals surface area contributed by atoms with Crippen molar-refractivity contribution in [1.82, 2.24) is 5.32 Å². The number of carbonyl (C=O) groups excluding carboxylic acids is 1. The Morgan fingerprint density at radius 3 is 2.64 bits per heavy atom. The zero-order chi connectivity index (χ0) is 10.6. The first-order valence-corrected chi connectivity index (χ1v) is 5.25. The van der Waals surface area contributed by atoms with Gasteiger partial charge in [-0.05, 0) is 13.3 Å². The van der Waals surface area contributed by atoms with Crippen LogP contribution in [0.15, 0.2) is 4.99 Å². The molecular formula is C10H19N3O. The van der Waals surface area contributed by atoms with Crippen molar-refractivity contribution in [2.24, 2.45) is 10.7 Å². The van der Waals surface area contributed by atoms with Crippen LogP contribution in [0.1, 0.15) is 46.0 Å². The molecule has 1 aliphatic rings. The highest BCUT2D eigenvalue weighted by Crippen LogP contribution is 2.19. The molecule has 3 N–H and O–H groups in total. The number of unbranched alkanes of at least 4 members (excludes halogenated alkanes) is 3. The Morgan fingerprint density at radius 1 is 1.43 bits per heavy atom. The Morgan fingerprint density at radius 2 is 2.14 bits per heavy atom. The summed E-state index contributed by atoms with van der Waals surface area (Å²) in [6, 6.07) is -0.305. The highest BCUT2D eigenvalue weighted by atomic mass is 16.2. The second-order valence-corrected chi connectivity index (χ2v) is 4.07. The molecule has 14 heavy (non-hydrogen) atoms. The number of aliphatic imine (C=N–C) groups is 1. The summed E-state index contributed by atoms with van der Waals surface area (Å²) in [7, 11) is 0. The number of urea groups is 1. The minimum Gasteiger partial charge on any atom is -0.385 e. The van der Waals surface area contributed by atoms with E-state index in [0.717, 1.165) is 12.8 Å². The van der Waals surface area contributed by atoms with E-state index in [1.165, 1.54) is 19.3 Å². The van der Waals surface area contributed by atoms with E-state index in [1.54, 1.807) is 0 Å². The molecule has 1 atom stereocenters. The van der Waals surface area contributed by atoms with Crippen molar-refractivity contribution >= 4 is 11.9 Å². The lowest BCUT2D eigenvalue weighted by Gasteiger charge is -2.23. The quantitative estimate of drug-likeness (QED) is 0.660. The highest BCUT2D eigenvalue weighted by Gasteiger charge is 2.35. The maximum absolute atomic E-state index is 11.0. The SMILES string of the molecule is CCCCCCC1(C)NC(=O)N=C1N. The summed E-state index contributed by atoms with van der Waals surface area (Å²) >= 11 is 0. The monoisotopic (exact) mass is 197 g/mol. The van der Waals surface area contributed by atoms with E-state index < -0.39 is 5.54 Å². The van der Waals surface area contributed by atoms with Gasteiger partial charge in [-0.2, -0.15) is 4.99 Å². The van der Waals surface area contributed by atoms with Crippen LogP contribution in [0.2, 0.25) is 0 Å². The normalized spacial score (nSPS) is 26.1. The lowest BCUT2D eigenvalue weighted by Crippen LogP contribution is -2.48. The molecule has 0 fully saturated rings. The lowest BCUT2D eigenvalue weighted by atomic mass is 9.94. The van der Waals surface area contributed by atoms with Gasteiger partial charge >= 0.3 is 6.03 Å². The van der Waals surface area contributed by atoms with E-state index in [4.69, 9.17) is 5.73 Å². The summed E-state index contributed by atoms with van der Waals surface area (Å²) in [5.74, 6) is 0.430. The Balaban J connectivity index is 2.36. The Labute approximate surface area is 85.0 Å². The third-order valence-corrected chi connectivity index (χ3v) is 2.70. The predicted octanol–water partition coefficient (Wildman–Crippen LogP) is 1.80. The van der Waals surface area contributed by atoms with E-state index in [-0.39, 0.29) is 6.03 Å². The Kier molecular flexibility index (Phi) is 3.49. The molecule has 0 aliphatic carbocycles. The highest BCUT2D eigenvalue weighted by molar-refractivity contribution is 6.05. The van der Waals surface area contributed by atoms with Gasteiger partial charge in [-0.3, -0.25) is 0 Å². The maximum Gasteiger partial charge on any atom is 0.343 e. The first kappa shape index (κ1) is 11.0. The van der Waals surface area contributed by atoms with Crippen LogP contribution in [-0.4, -0.2) is 17.4 Å². The third-order valence-electron chi connectivity index (χ3n) is 2.70. The molecule has 0 aromatic heterocycles. The number of rotatable bonds is 5. The average Bonchev–Trinajstić information content (AvgIpc) is 2.36. The maximum atomic E-state index is 11.0. The van der Waals surface area contributed by atoms with Crippen molar-refractivity contribution in [3.63, 3.8) is 0 Å². The molecule has 4 nitrogen and oxygen atoms in total. The Hall–Kier alpha value is -1.06. The molecule has 4 heteroatoms. The van der Waals surface area contributed by atoms with Crippen molar-refractivity contribution in [3.8, 4) is 0 Å². The second kappa shape index (κ2) is 4.44. The molecule has 0 bridgehead atoms. The third kappa shape index (κ3) is 2.47. The standard InChI is InChI=1S/C10H19N3O/c1-3-4-5-6-7-10(2)8(11)12-9(14)13-10/h3-7H2,1-2H3,(H3,11,12,13,14). The number of carbonyl (C=O) groups is 1. The summed E-state index contributed by atoms with van der Waals surface area (Å²) in [6.45, 7) is 4.11. The van der Waals surface area contributed by atoms with Crippen molar-refractivity contribution < 1.29 is 4.79 Å². The van der Waals surface area contributed by atoms with Gasteiger partial charge in [-0.1, -0.05) is 32.6 Å². The van der Waals surface area contributed by atoms with Gasteiger partial charge in [-0.15, -0.1) is 0 Å². The first-order chi connectivity index (χ1) is 6.58. The van der Waals surface area contributed by atoms with E-state index in [0.29, 0.717) is 5.84 Å². The fraction of sp³-hybridized carbons (Fsp3) is 0.800. The second-order valence-electron chi connectivity index (χ2n) is 4.07. The molecule has 80 valence electrons. The van der Waals surface area contributed by atoms with Gasteiger partial charge in [-0.25, -0.2) is 4.79 Å². The van der Waals surface area contributed by atoms with Crippen molar-refractivity contribution in [3.05, 3.63) is 0 Å². The van der Waals surface area contributed by atoms with Crippen LogP contribution in [0.4, 0.5) is 4.79 Å². The van der Waals surface area contributed by atoms with E-state index in [2.05, 4.69) is 17.2 Å². The van der Waals surface area contributed by atoms with Gasteiger partial charge in [0.1, 0.15) is 5.84 Å². The van der Waals surface area contributed by atoms with Gasteiger partial charge in [0.2, 0.25) is 0 Å². The first-order valence-electron chi connectivity index (χ1n) is 5.25. The van der Waals surface area contributed by atoms with Crippen LogP contribution in [0.3, 0.4) is 0 Å². The van der Waals surface area contributed by atoms with Crippen LogP contribution in [-0.2, 0) is 0 Å². The molecule has 0 spiro atoms. The molecule has 1 heterocycles. The van der Waals surface area contributed by atoms with Gasteiger partial charge in [0.05, 0.1) is 5.54 Å². The zero-order valence-corrected chi connectivity index (χ0v) is 8.97. The summed E-state index contributed by atoms with van der Waals surface area (Å²) in [4.78, 5) is 14.7. The summed E-state index contributed by atoms with van der Waals surface area (Å²) in [5, 5.41) is 2.79. The average molecular weight is 197 g/mol. The number of nitrogens with one attached hydrogen (secondary N) is 1. The molecule has 0 radical (unpaired) electrons. The van der Waals surface area contributed by atoms with Crippen molar-refractivity contribution in [2.45, 2.75) is 51.5 Å². The van der Waals surface area contributed by atoms with Crippen LogP contribution >= 0.6 is 0 Å². The summed E-state index contributed by atoms with van der Waals surface area (Å²) in [6.07, 6.45) is 5.61. The fourth-order valence-corrected chi connectivity index (χ4v) is 1.66. The number of amides is 2. The lowest BCUT2D eigenvalue weighted by molar-refractivity contribution is 0.246. The van der Waals surface area contributed by atoms with Crippen molar-refractivity contribution in [2.75, 3.05) is 0 Å². The number of nitrogens with two attached hydrogens (primary N) is 1. The summed E-state index contributed by atoms with van der Waals surface area (Å²) in [5.41, 5.74) is 5.29. The molecule has 0 saturated heterocycles. The number of hydrogen-bond donors (Lipinski definition) is 2. The fourth-order valence-electron chi connectivity index (χ4n) is 1.66. The molecule has 1 rings (SSSR count). The largest absolute Gasteiger partial charge is 0.385 e. The molecule has 1 aliphatic heterocycles. The van der Waals surface area contributed by atoms with Crippen LogP contribution in [0, 0.1) is 0 Å². The van der Waals surface area contributed by atoms with E-state index in [1.807, 2.05) is 6.92 Å². The van der Waals surface area contributed by atoms with Gasteiger partial charge in [0.15, 0.2) is 0 Å². The smallest absolute Gasteiger partial charge is 0.343 e. The number of hydrogen-bond acceptors (Lipinski definition) is 2. The van der Waals surface area contributed by atoms with Gasteiger partial charge in [0, 0.05) is 0 Å². The van der Waals surface area contributed by atoms with E-state index >= 15 is 0 Å². The summed E-state index contributed by atoms with van der Waals surface area (Å²) < 4.78 is 0. The predicted molar refractivity (Wildman–Crippen MR) is 57.3 cm³/mol. The number of nitrogens with zero attached hydrogens (tertiary/aromatic N) is 1. The minimum atomic E-state index is -0.398. The zero-order valence-electron chi connectivity index (χ0n) is 8.97. The molecule has 0 aromatic rings. The Bertz CT molecular complexity index is 250. The number of amidine groups is 1. The molecule has 2 amide bonds. The van der Waals surface area contributed by atoms with Crippen LogP contribution in [0.25, 0.3) is 0 Å². The van der Waals surface area contributed by atoms with E-state index in [9.17, 15) is 4.79 Å². The van der Waals surface area contributed by atoms with Crippen LogP contribution < -0.4 is 11.1 Å². The molecule has 0 aromatic carbocycles. The topological polar surface area (TPSA) is 67.5 Å². The van der Waals surface area contributed by atoms with Gasteiger partial charge in [0.25, 0.3) is 0 Å². The molecule has 1 unspecified atom stereocenters. The van der Waals surface area contributed by atoms with Crippen molar-refractivity contribution in [1.29, 1.82) is 0 Å².